The van der Waals surface area contributed by atoms with Crippen molar-refractivity contribution in [1.82, 2.24) is 5.43 Å². The summed E-state index contributed by atoms with van der Waals surface area (Å²) >= 11 is 1.33. The number of amides is 1. The normalized spacial score (nSPS) is 10.7. The lowest BCUT2D eigenvalue weighted by molar-refractivity contribution is 0.0701. The van der Waals surface area contributed by atoms with E-state index in [4.69, 9.17) is 9.15 Å². The summed E-state index contributed by atoms with van der Waals surface area (Å²) in [5.41, 5.74) is 3.11. The molecule has 0 aliphatic heterocycles. The highest BCUT2D eigenvalue weighted by molar-refractivity contribution is 7.12. The first-order valence-electron chi connectivity index (χ1n) is 6.95. The molecule has 0 spiro atoms. The van der Waals surface area contributed by atoms with Crippen molar-refractivity contribution in [3.8, 4) is 5.75 Å². The maximum Gasteiger partial charge on any atom is 0.379 e. The number of ether oxygens (including phenoxy) is 1. The molecule has 0 aliphatic carbocycles. The fraction of sp³-hybridized carbons (Fsp3) is 0. The number of hydrogen-bond acceptors (Lipinski definition) is 6. The van der Waals surface area contributed by atoms with E-state index in [1.807, 2.05) is 5.38 Å². The van der Waals surface area contributed by atoms with Crippen molar-refractivity contribution in [3.05, 3.63) is 76.4 Å². The molecular formula is C17H12N2O4S. The van der Waals surface area contributed by atoms with Gasteiger partial charge in [-0.1, -0.05) is 18.2 Å². The average molecular weight is 340 g/mol. The van der Waals surface area contributed by atoms with Crippen molar-refractivity contribution in [2.45, 2.75) is 0 Å². The molecule has 0 bridgehead atoms. The molecule has 2 aromatic heterocycles. The van der Waals surface area contributed by atoms with Gasteiger partial charge >= 0.3 is 5.97 Å². The molecule has 1 aromatic carbocycles. The minimum Gasteiger partial charge on any atom is -0.457 e. The number of hydrogen-bond donors (Lipinski definition) is 1. The largest absolute Gasteiger partial charge is 0.457 e. The summed E-state index contributed by atoms with van der Waals surface area (Å²) in [5, 5.41) is 5.71. The second kappa shape index (κ2) is 7.38. The van der Waals surface area contributed by atoms with Gasteiger partial charge in [-0.05, 0) is 41.3 Å². The van der Waals surface area contributed by atoms with Crippen LogP contribution in [-0.2, 0) is 0 Å². The first-order chi connectivity index (χ1) is 11.7. The number of benzene rings is 1. The van der Waals surface area contributed by atoms with Gasteiger partial charge in [0.2, 0.25) is 5.76 Å². The SMILES string of the molecule is O=C(Oc1cccc(/C=N/NC(=O)c2cccs2)c1)c1ccco1. The summed E-state index contributed by atoms with van der Waals surface area (Å²) in [6.07, 6.45) is 2.87. The molecule has 2 heterocycles. The zero-order valence-electron chi connectivity index (χ0n) is 12.3. The molecule has 0 aliphatic rings. The summed E-state index contributed by atoms with van der Waals surface area (Å²) < 4.78 is 10.2. The average Bonchev–Trinajstić information content (AvgIpc) is 3.29. The third kappa shape index (κ3) is 3.96. The predicted octanol–water partition coefficient (Wildman–Crippen LogP) is 3.32. The Morgan fingerprint density at radius 3 is 2.83 bits per heavy atom. The van der Waals surface area contributed by atoms with E-state index in [9.17, 15) is 9.59 Å². The van der Waals surface area contributed by atoms with Crippen LogP contribution < -0.4 is 10.2 Å². The van der Waals surface area contributed by atoms with Gasteiger partial charge in [0.05, 0.1) is 17.4 Å². The topological polar surface area (TPSA) is 80.9 Å². The van der Waals surface area contributed by atoms with E-state index >= 15 is 0 Å². The van der Waals surface area contributed by atoms with Crippen LogP contribution in [0.3, 0.4) is 0 Å². The first-order valence-corrected chi connectivity index (χ1v) is 7.83. The minimum atomic E-state index is -0.583. The van der Waals surface area contributed by atoms with E-state index < -0.39 is 5.97 Å². The van der Waals surface area contributed by atoms with E-state index in [1.165, 1.54) is 29.9 Å². The van der Waals surface area contributed by atoms with Crippen LogP contribution in [0.2, 0.25) is 0 Å². The number of thiophene rings is 1. The van der Waals surface area contributed by atoms with Crippen LogP contribution in [0.1, 0.15) is 25.8 Å². The summed E-state index contributed by atoms with van der Waals surface area (Å²) in [7, 11) is 0. The highest BCUT2D eigenvalue weighted by Crippen LogP contribution is 2.14. The number of esters is 1. The van der Waals surface area contributed by atoms with Crippen molar-refractivity contribution >= 4 is 29.4 Å². The molecule has 6 nitrogen and oxygen atoms in total. The Morgan fingerprint density at radius 1 is 1.17 bits per heavy atom. The van der Waals surface area contributed by atoms with Crippen molar-refractivity contribution in [2.75, 3.05) is 0 Å². The lowest BCUT2D eigenvalue weighted by Gasteiger charge is -2.03. The lowest BCUT2D eigenvalue weighted by atomic mass is 10.2. The minimum absolute atomic E-state index is 0.122. The van der Waals surface area contributed by atoms with E-state index in [2.05, 4.69) is 10.5 Å². The van der Waals surface area contributed by atoms with Gasteiger partial charge in [-0.2, -0.15) is 5.10 Å². The zero-order valence-corrected chi connectivity index (χ0v) is 13.2. The van der Waals surface area contributed by atoms with Crippen LogP contribution in [0, 0.1) is 0 Å². The van der Waals surface area contributed by atoms with Gasteiger partial charge in [-0.15, -0.1) is 11.3 Å². The van der Waals surface area contributed by atoms with Gasteiger partial charge in [0, 0.05) is 0 Å². The number of carbonyl (C=O) groups excluding carboxylic acids is 2. The van der Waals surface area contributed by atoms with Gasteiger partial charge in [-0.25, -0.2) is 10.2 Å². The Bertz CT molecular complexity index is 855. The van der Waals surface area contributed by atoms with E-state index in [0.29, 0.717) is 16.2 Å². The molecule has 24 heavy (non-hydrogen) atoms. The van der Waals surface area contributed by atoms with E-state index in [1.54, 1.807) is 42.5 Å². The Balaban J connectivity index is 1.61. The van der Waals surface area contributed by atoms with Crippen LogP contribution in [-0.4, -0.2) is 18.1 Å². The van der Waals surface area contributed by atoms with Gasteiger partial charge in [0.1, 0.15) is 5.75 Å². The number of carbonyl (C=O) groups is 2. The standard InChI is InChI=1S/C17H12N2O4S/c20-16(15-7-3-9-24-15)19-18-11-12-4-1-5-13(10-12)23-17(21)14-6-2-8-22-14/h1-11H,(H,19,20)/b18-11+. The van der Waals surface area contributed by atoms with Crippen molar-refractivity contribution in [1.29, 1.82) is 0 Å². The maximum absolute atomic E-state index is 11.8. The molecule has 0 unspecified atom stereocenters. The number of furan rings is 1. The van der Waals surface area contributed by atoms with Crippen molar-refractivity contribution < 1.29 is 18.7 Å². The molecule has 0 radical (unpaired) electrons. The predicted molar refractivity (Wildman–Crippen MR) is 89.5 cm³/mol. The smallest absolute Gasteiger partial charge is 0.379 e. The van der Waals surface area contributed by atoms with E-state index in [-0.39, 0.29) is 11.7 Å². The molecule has 1 amide bonds. The van der Waals surface area contributed by atoms with Crippen LogP contribution in [0.4, 0.5) is 0 Å². The third-order valence-corrected chi connectivity index (χ3v) is 3.78. The summed E-state index contributed by atoms with van der Waals surface area (Å²) in [6.45, 7) is 0. The summed E-state index contributed by atoms with van der Waals surface area (Å²) in [5.74, 6) is -0.385. The monoisotopic (exact) mass is 340 g/mol. The summed E-state index contributed by atoms with van der Waals surface area (Å²) in [4.78, 5) is 24.1. The molecule has 1 N–H and O–H groups in total. The lowest BCUT2D eigenvalue weighted by Crippen LogP contribution is -2.16. The Hall–Kier alpha value is -3.19. The molecule has 3 rings (SSSR count). The Kier molecular flexibility index (Phi) is 4.83. The molecule has 7 heteroatoms. The molecule has 0 saturated heterocycles. The van der Waals surface area contributed by atoms with E-state index in [0.717, 1.165) is 0 Å². The quantitative estimate of drug-likeness (QED) is 0.334. The van der Waals surface area contributed by atoms with Crippen LogP contribution in [0.15, 0.2) is 69.7 Å². The summed E-state index contributed by atoms with van der Waals surface area (Å²) in [6, 6.07) is 13.4. The number of nitrogens with zero attached hydrogens (tertiary/aromatic N) is 1. The van der Waals surface area contributed by atoms with Gasteiger partial charge in [-0.3, -0.25) is 4.79 Å². The molecule has 0 atom stereocenters. The molecule has 0 saturated carbocycles. The fourth-order valence-corrected chi connectivity index (χ4v) is 2.45. The molecule has 3 aromatic rings. The van der Waals surface area contributed by atoms with Gasteiger partial charge < -0.3 is 9.15 Å². The molecule has 0 fully saturated rings. The Morgan fingerprint density at radius 2 is 2.08 bits per heavy atom. The van der Waals surface area contributed by atoms with Gasteiger partial charge in [0.15, 0.2) is 0 Å². The van der Waals surface area contributed by atoms with Crippen LogP contribution >= 0.6 is 11.3 Å². The Labute approximate surface area is 141 Å². The highest BCUT2D eigenvalue weighted by Gasteiger charge is 2.11. The van der Waals surface area contributed by atoms with Gasteiger partial charge in [0.25, 0.3) is 5.91 Å². The third-order valence-electron chi connectivity index (χ3n) is 2.92. The van der Waals surface area contributed by atoms with Crippen LogP contribution in [0.25, 0.3) is 0 Å². The fourth-order valence-electron chi connectivity index (χ4n) is 1.84. The van der Waals surface area contributed by atoms with Crippen LogP contribution in [0.5, 0.6) is 5.75 Å². The highest BCUT2D eigenvalue weighted by atomic mass is 32.1. The zero-order chi connectivity index (χ0) is 16.8. The number of hydrazone groups is 1. The van der Waals surface area contributed by atoms with Crippen molar-refractivity contribution in [3.63, 3.8) is 0 Å². The first kappa shape index (κ1) is 15.7. The molecule has 120 valence electrons. The maximum atomic E-state index is 11.8. The number of nitrogens with one attached hydrogen (secondary N) is 1. The number of rotatable bonds is 5. The molecular weight excluding hydrogens is 328 g/mol. The second-order valence-corrected chi connectivity index (χ2v) is 5.56. The second-order valence-electron chi connectivity index (χ2n) is 4.62. The van der Waals surface area contributed by atoms with Crippen molar-refractivity contribution in [2.24, 2.45) is 5.10 Å².